The molecule has 0 spiro atoms. The molecule has 1 saturated heterocycles. The molecule has 0 atom stereocenters. The van der Waals surface area contributed by atoms with Gasteiger partial charge >= 0.3 is 17.8 Å². The molecule has 1 fully saturated rings. The van der Waals surface area contributed by atoms with Crippen molar-refractivity contribution >= 4 is 23.8 Å². The lowest BCUT2D eigenvalue weighted by atomic mass is 9.88. The lowest BCUT2D eigenvalue weighted by Gasteiger charge is -2.20. The summed E-state index contributed by atoms with van der Waals surface area (Å²) in [6.45, 7) is 3.18. The molecule has 1 N–H and O–H groups in total. The van der Waals surface area contributed by atoms with Crippen molar-refractivity contribution in [1.82, 2.24) is 15.1 Å². The lowest BCUT2D eigenvalue weighted by Crippen LogP contribution is -2.42. The predicted molar refractivity (Wildman–Crippen MR) is 111 cm³/mol. The smallest absolute Gasteiger partial charge is 0.334 e. The third-order valence-electron chi connectivity index (χ3n) is 5.06. The van der Waals surface area contributed by atoms with Gasteiger partial charge in [0, 0.05) is 18.5 Å². The summed E-state index contributed by atoms with van der Waals surface area (Å²) in [7, 11) is 0. The highest BCUT2D eigenvalue weighted by Crippen LogP contribution is 2.27. The maximum atomic E-state index is 12.3. The number of amides is 5. The van der Waals surface area contributed by atoms with Gasteiger partial charge in [-0.15, -0.1) is 0 Å². The van der Waals surface area contributed by atoms with E-state index in [1.165, 1.54) is 0 Å². The van der Waals surface area contributed by atoms with Gasteiger partial charge in [0.1, 0.15) is 6.54 Å². The van der Waals surface area contributed by atoms with E-state index in [2.05, 4.69) is 5.32 Å². The van der Waals surface area contributed by atoms with Gasteiger partial charge in [-0.3, -0.25) is 19.3 Å². The standard InChI is InChI=1S/C23H25N3O4/c1-16(2)26-22(29)21(28)25(23(26)30)15-20(27)24-14-13-19(17-9-5-3-6-10-17)18-11-7-4-8-12-18/h3-12,16,19H,13-15H2,1-2H3,(H,24,27). The molecule has 1 aliphatic rings. The summed E-state index contributed by atoms with van der Waals surface area (Å²) in [6, 6.07) is 18.8. The van der Waals surface area contributed by atoms with Gasteiger partial charge in [0.2, 0.25) is 5.91 Å². The van der Waals surface area contributed by atoms with Gasteiger partial charge in [-0.2, -0.15) is 0 Å². The summed E-state index contributed by atoms with van der Waals surface area (Å²) in [5.41, 5.74) is 2.28. The summed E-state index contributed by atoms with van der Waals surface area (Å²) in [4.78, 5) is 50.2. The summed E-state index contributed by atoms with van der Waals surface area (Å²) < 4.78 is 0. The number of hydrogen-bond acceptors (Lipinski definition) is 4. The molecular formula is C23H25N3O4. The zero-order valence-corrected chi connectivity index (χ0v) is 17.1. The number of urea groups is 1. The van der Waals surface area contributed by atoms with Crippen LogP contribution in [0.2, 0.25) is 0 Å². The molecular weight excluding hydrogens is 382 g/mol. The molecule has 1 aliphatic heterocycles. The Hall–Kier alpha value is -3.48. The Morgan fingerprint density at radius 3 is 1.87 bits per heavy atom. The molecule has 0 radical (unpaired) electrons. The van der Waals surface area contributed by atoms with Crippen LogP contribution in [-0.4, -0.2) is 52.7 Å². The van der Waals surface area contributed by atoms with E-state index in [0.29, 0.717) is 17.9 Å². The zero-order chi connectivity index (χ0) is 21.7. The van der Waals surface area contributed by atoms with Gasteiger partial charge in [-0.25, -0.2) is 9.69 Å². The highest BCUT2D eigenvalue weighted by Gasteiger charge is 2.46. The van der Waals surface area contributed by atoms with Crippen LogP contribution < -0.4 is 5.32 Å². The second kappa shape index (κ2) is 9.35. The van der Waals surface area contributed by atoms with Crippen molar-refractivity contribution in [2.45, 2.75) is 32.2 Å². The Kier molecular flexibility index (Phi) is 6.61. The molecule has 156 valence electrons. The van der Waals surface area contributed by atoms with Crippen molar-refractivity contribution in [3.63, 3.8) is 0 Å². The van der Waals surface area contributed by atoms with E-state index in [9.17, 15) is 19.2 Å². The van der Waals surface area contributed by atoms with Crippen LogP contribution in [0.5, 0.6) is 0 Å². The maximum Gasteiger partial charge on any atom is 0.334 e. The second-order valence-corrected chi connectivity index (χ2v) is 7.46. The number of carbonyl (C=O) groups excluding carboxylic acids is 4. The van der Waals surface area contributed by atoms with Crippen molar-refractivity contribution < 1.29 is 19.2 Å². The number of rotatable bonds is 8. The van der Waals surface area contributed by atoms with E-state index in [0.717, 1.165) is 16.0 Å². The molecule has 3 rings (SSSR count). The first-order chi connectivity index (χ1) is 14.4. The molecule has 0 aromatic heterocycles. The first kappa shape index (κ1) is 21.2. The monoisotopic (exact) mass is 407 g/mol. The Bertz CT molecular complexity index is 888. The van der Waals surface area contributed by atoms with Crippen molar-refractivity contribution in [1.29, 1.82) is 0 Å². The van der Waals surface area contributed by atoms with Gasteiger partial charge in [0.25, 0.3) is 0 Å². The largest absolute Gasteiger partial charge is 0.355 e. The van der Waals surface area contributed by atoms with E-state index in [4.69, 9.17) is 0 Å². The Balaban J connectivity index is 1.61. The third-order valence-corrected chi connectivity index (χ3v) is 5.06. The van der Waals surface area contributed by atoms with Crippen LogP contribution in [0.15, 0.2) is 60.7 Å². The van der Waals surface area contributed by atoms with Crippen molar-refractivity contribution in [3.8, 4) is 0 Å². The zero-order valence-electron chi connectivity index (χ0n) is 17.1. The number of nitrogens with one attached hydrogen (secondary N) is 1. The van der Waals surface area contributed by atoms with Crippen molar-refractivity contribution in [2.24, 2.45) is 0 Å². The van der Waals surface area contributed by atoms with Crippen LogP contribution >= 0.6 is 0 Å². The fraction of sp³-hybridized carbons (Fsp3) is 0.304. The van der Waals surface area contributed by atoms with Crippen molar-refractivity contribution in [2.75, 3.05) is 13.1 Å². The first-order valence-electron chi connectivity index (χ1n) is 9.95. The summed E-state index contributed by atoms with van der Waals surface area (Å²) >= 11 is 0. The molecule has 2 aromatic rings. The minimum atomic E-state index is -0.963. The molecule has 0 bridgehead atoms. The van der Waals surface area contributed by atoms with Gasteiger partial charge in [-0.05, 0) is 31.4 Å². The molecule has 0 aliphatic carbocycles. The molecule has 2 aromatic carbocycles. The quantitative estimate of drug-likeness (QED) is 0.538. The fourth-order valence-electron chi connectivity index (χ4n) is 3.57. The van der Waals surface area contributed by atoms with E-state index in [1.807, 2.05) is 60.7 Å². The van der Waals surface area contributed by atoms with Crippen LogP contribution in [-0.2, 0) is 14.4 Å². The molecule has 5 amide bonds. The summed E-state index contributed by atoms with van der Waals surface area (Å²) in [5, 5.41) is 2.76. The average Bonchev–Trinajstić information content (AvgIpc) is 2.95. The Morgan fingerprint density at radius 1 is 0.867 bits per heavy atom. The van der Waals surface area contributed by atoms with E-state index < -0.39 is 36.3 Å². The van der Waals surface area contributed by atoms with Gasteiger partial charge in [-0.1, -0.05) is 60.7 Å². The minimum Gasteiger partial charge on any atom is -0.355 e. The lowest BCUT2D eigenvalue weighted by molar-refractivity contribution is -0.144. The highest BCUT2D eigenvalue weighted by molar-refractivity contribution is 6.45. The molecule has 1 heterocycles. The summed E-state index contributed by atoms with van der Waals surface area (Å²) in [6.07, 6.45) is 0.651. The van der Waals surface area contributed by atoms with Crippen LogP contribution in [0.3, 0.4) is 0 Å². The van der Waals surface area contributed by atoms with Crippen LogP contribution in [0.4, 0.5) is 4.79 Å². The van der Waals surface area contributed by atoms with Gasteiger partial charge < -0.3 is 5.32 Å². The van der Waals surface area contributed by atoms with Crippen LogP contribution in [0, 0.1) is 0 Å². The predicted octanol–water partition coefficient (Wildman–Crippen LogP) is 2.52. The number of hydrogen-bond donors (Lipinski definition) is 1. The topological polar surface area (TPSA) is 86.8 Å². The molecule has 7 heteroatoms. The Morgan fingerprint density at radius 2 is 1.40 bits per heavy atom. The molecule has 0 unspecified atom stereocenters. The van der Waals surface area contributed by atoms with Crippen LogP contribution in [0.1, 0.15) is 37.3 Å². The maximum absolute atomic E-state index is 12.3. The fourth-order valence-corrected chi connectivity index (χ4v) is 3.57. The second-order valence-electron chi connectivity index (χ2n) is 7.46. The highest BCUT2D eigenvalue weighted by atomic mass is 16.2. The third kappa shape index (κ3) is 4.56. The number of benzene rings is 2. The molecule has 30 heavy (non-hydrogen) atoms. The van der Waals surface area contributed by atoms with Crippen LogP contribution in [0.25, 0.3) is 0 Å². The number of carbonyl (C=O) groups is 4. The van der Waals surface area contributed by atoms with Gasteiger partial charge in [0.15, 0.2) is 0 Å². The minimum absolute atomic E-state index is 0.0979. The first-order valence-corrected chi connectivity index (χ1v) is 9.95. The number of imide groups is 2. The Labute approximate surface area is 175 Å². The summed E-state index contributed by atoms with van der Waals surface area (Å²) in [5.74, 6) is -2.23. The van der Waals surface area contributed by atoms with Crippen molar-refractivity contribution in [3.05, 3.63) is 71.8 Å². The van der Waals surface area contributed by atoms with E-state index in [-0.39, 0.29) is 5.92 Å². The van der Waals surface area contributed by atoms with E-state index >= 15 is 0 Å². The molecule has 0 saturated carbocycles. The molecule has 7 nitrogen and oxygen atoms in total. The SMILES string of the molecule is CC(C)N1C(=O)C(=O)N(CC(=O)NCCC(c2ccccc2)c2ccccc2)C1=O. The average molecular weight is 407 g/mol. The van der Waals surface area contributed by atoms with E-state index in [1.54, 1.807) is 13.8 Å². The number of nitrogens with zero attached hydrogens (tertiary/aromatic N) is 2. The van der Waals surface area contributed by atoms with Gasteiger partial charge in [0.05, 0.1) is 0 Å². The normalized spacial score (nSPS) is 14.2.